The Labute approximate surface area is 204 Å². The first kappa shape index (κ1) is 26.7. The topological polar surface area (TPSA) is 74.2 Å². The lowest BCUT2D eigenvalue weighted by atomic mass is 10.0. The third kappa shape index (κ3) is 11.3. The highest BCUT2D eigenvalue weighted by atomic mass is 79.9. The van der Waals surface area contributed by atoms with Crippen molar-refractivity contribution in [3.63, 3.8) is 0 Å². The average molecular weight is 531 g/mol. The van der Waals surface area contributed by atoms with Gasteiger partial charge in [0.15, 0.2) is 6.61 Å². The molecule has 0 radical (unpaired) electrons. The van der Waals surface area contributed by atoms with Gasteiger partial charge in [-0.05, 0) is 57.2 Å². The lowest BCUT2D eigenvalue weighted by Gasteiger charge is -2.14. The van der Waals surface area contributed by atoms with Crippen LogP contribution in [0.1, 0.15) is 84.0 Å². The summed E-state index contributed by atoms with van der Waals surface area (Å²) >= 11 is 9.42. The highest BCUT2D eigenvalue weighted by Gasteiger charge is 2.13. The molecule has 178 valence electrons. The van der Waals surface area contributed by atoms with Crippen molar-refractivity contribution in [1.29, 1.82) is 0 Å². The molecule has 1 heterocycles. The van der Waals surface area contributed by atoms with Crippen LogP contribution in [-0.4, -0.2) is 30.4 Å². The number of oxime groups is 1. The number of halogens is 2. The normalized spacial score (nSPS) is 21.0. The molecule has 0 N–H and O–H groups in total. The predicted molar refractivity (Wildman–Crippen MR) is 129 cm³/mol. The minimum atomic E-state index is -0.594. The van der Waals surface area contributed by atoms with E-state index in [1.807, 2.05) is 6.92 Å². The van der Waals surface area contributed by atoms with Gasteiger partial charge in [-0.15, -0.1) is 0 Å². The number of esters is 1. The molecule has 0 amide bonds. The molecule has 1 fully saturated rings. The number of nitrogens with zero attached hydrogens (tertiary/aromatic N) is 1. The molecule has 0 bridgehead atoms. The van der Waals surface area contributed by atoms with Crippen molar-refractivity contribution in [3.05, 3.63) is 27.7 Å². The summed E-state index contributed by atoms with van der Waals surface area (Å²) in [4.78, 5) is 29.2. The van der Waals surface area contributed by atoms with Crippen LogP contribution in [0.15, 0.2) is 27.8 Å². The van der Waals surface area contributed by atoms with Gasteiger partial charge in [0.1, 0.15) is 5.75 Å². The van der Waals surface area contributed by atoms with Crippen LogP contribution in [-0.2, 0) is 19.2 Å². The van der Waals surface area contributed by atoms with Crippen molar-refractivity contribution in [2.45, 2.75) is 90.1 Å². The number of carbonyl (C=O) groups is 2. The summed E-state index contributed by atoms with van der Waals surface area (Å²) in [6.07, 6.45) is 11.2. The zero-order valence-corrected chi connectivity index (χ0v) is 21.1. The van der Waals surface area contributed by atoms with Crippen molar-refractivity contribution >= 4 is 45.2 Å². The smallest absolute Gasteiger partial charge is 0.372 e. The van der Waals surface area contributed by atoms with E-state index in [-0.39, 0.29) is 18.7 Å². The fourth-order valence-electron chi connectivity index (χ4n) is 3.46. The molecule has 1 saturated heterocycles. The summed E-state index contributed by atoms with van der Waals surface area (Å²) in [5.41, 5.74) is 0.801. The predicted octanol–water partition coefficient (Wildman–Crippen LogP) is 7.01. The van der Waals surface area contributed by atoms with E-state index >= 15 is 0 Å². The fourth-order valence-corrected chi connectivity index (χ4v) is 4.19. The Morgan fingerprint density at radius 2 is 1.75 bits per heavy atom. The molecular weight excluding hydrogens is 498 g/mol. The van der Waals surface area contributed by atoms with Crippen LogP contribution in [0.5, 0.6) is 5.75 Å². The highest BCUT2D eigenvalue weighted by Crippen LogP contribution is 2.27. The average Bonchev–Trinajstić information content (AvgIpc) is 2.74. The maximum atomic E-state index is 12.1. The number of ether oxygens (including phenoxy) is 2. The van der Waals surface area contributed by atoms with E-state index in [1.54, 1.807) is 18.2 Å². The molecule has 32 heavy (non-hydrogen) atoms. The summed E-state index contributed by atoms with van der Waals surface area (Å²) in [7, 11) is 0. The molecule has 1 aliphatic rings. The first-order valence-corrected chi connectivity index (χ1v) is 12.6. The second kappa shape index (κ2) is 15.3. The summed E-state index contributed by atoms with van der Waals surface area (Å²) in [6, 6.07) is 5.14. The SMILES string of the molecule is CC1CC/C(=N\OC(=O)COc2ccc(Br)cc2Cl)CCCCCCCCCCC(=O)O1. The van der Waals surface area contributed by atoms with Gasteiger partial charge >= 0.3 is 11.9 Å². The van der Waals surface area contributed by atoms with Crippen LogP contribution in [0.3, 0.4) is 0 Å². The first-order valence-electron chi connectivity index (χ1n) is 11.5. The molecule has 2 rings (SSSR count). The molecule has 0 aliphatic carbocycles. The van der Waals surface area contributed by atoms with E-state index in [2.05, 4.69) is 21.1 Å². The maximum absolute atomic E-state index is 12.1. The number of hydrogen-bond acceptors (Lipinski definition) is 6. The van der Waals surface area contributed by atoms with E-state index in [0.717, 1.165) is 42.3 Å². The molecule has 1 atom stereocenters. The molecule has 1 unspecified atom stereocenters. The molecule has 1 aromatic carbocycles. The Kier molecular flexibility index (Phi) is 12.7. The number of rotatable bonds is 4. The summed E-state index contributed by atoms with van der Waals surface area (Å²) < 4.78 is 11.7. The van der Waals surface area contributed by atoms with Gasteiger partial charge in [-0.25, -0.2) is 4.79 Å². The Bertz CT molecular complexity index is 771. The second-order valence-corrected chi connectivity index (χ2v) is 9.47. The molecular formula is C24H33BrClNO5. The van der Waals surface area contributed by atoms with Gasteiger partial charge in [-0.3, -0.25) is 4.79 Å². The van der Waals surface area contributed by atoms with Gasteiger partial charge < -0.3 is 14.3 Å². The molecule has 0 spiro atoms. The maximum Gasteiger partial charge on any atom is 0.372 e. The van der Waals surface area contributed by atoms with Crippen molar-refractivity contribution in [3.8, 4) is 5.75 Å². The van der Waals surface area contributed by atoms with Gasteiger partial charge in [-0.2, -0.15) is 0 Å². The monoisotopic (exact) mass is 529 g/mol. The van der Waals surface area contributed by atoms with E-state index in [0.29, 0.717) is 30.0 Å². The van der Waals surface area contributed by atoms with Crippen LogP contribution in [0.2, 0.25) is 5.02 Å². The molecule has 1 aromatic rings. The van der Waals surface area contributed by atoms with Crippen molar-refractivity contribution < 1.29 is 23.9 Å². The third-order valence-electron chi connectivity index (χ3n) is 5.28. The quantitative estimate of drug-likeness (QED) is 0.238. The summed E-state index contributed by atoms with van der Waals surface area (Å²) in [5.74, 6) is -0.332. The zero-order valence-electron chi connectivity index (χ0n) is 18.7. The van der Waals surface area contributed by atoms with Crippen molar-refractivity contribution in [2.75, 3.05) is 6.61 Å². The number of cyclic esters (lactones) is 1. The van der Waals surface area contributed by atoms with Gasteiger partial charge in [0, 0.05) is 10.9 Å². The van der Waals surface area contributed by atoms with E-state index in [9.17, 15) is 9.59 Å². The first-order chi connectivity index (χ1) is 15.4. The van der Waals surface area contributed by atoms with Crippen LogP contribution >= 0.6 is 27.5 Å². The number of hydrogen-bond donors (Lipinski definition) is 0. The minimum absolute atomic E-state index is 0.140. The third-order valence-corrected chi connectivity index (χ3v) is 6.07. The lowest BCUT2D eigenvalue weighted by Crippen LogP contribution is -2.17. The van der Waals surface area contributed by atoms with E-state index in [1.165, 1.54) is 25.7 Å². The van der Waals surface area contributed by atoms with Crippen LogP contribution in [0.4, 0.5) is 0 Å². The standard InChI is InChI=1S/C24H33BrClNO5/c1-18-12-14-20(10-8-6-4-2-3-5-7-9-11-23(28)31-18)27-32-24(29)17-30-22-15-13-19(25)16-21(22)26/h13,15-16,18H,2-12,14,17H2,1H3/b27-20-. The molecule has 1 aliphatic heterocycles. The number of benzene rings is 1. The fraction of sp³-hybridized carbons (Fsp3) is 0.625. The molecule has 6 nitrogen and oxygen atoms in total. The Morgan fingerprint density at radius 1 is 1.09 bits per heavy atom. The molecule has 0 saturated carbocycles. The largest absolute Gasteiger partial charge is 0.480 e. The highest BCUT2D eigenvalue weighted by molar-refractivity contribution is 9.10. The molecule has 0 aromatic heterocycles. The van der Waals surface area contributed by atoms with Crippen molar-refractivity contribution in [2.24, 2.45) is 5.16 Å². The van der Waals surface area contributed by atoms with Gasteiger partial charge in [0.05, 0.1) is 16.8 Å². The Hall–Kier alpha value is -1.60. The second-order valence-electron chi connectivity index (χ2n) is 8.15. The zero-order chi connectivity index (χ0) is 23.2. The summed E-state index contributed by atoms with van der Waals surface area (Å²) in [5, 5.41) is 4.50. The van der Waals surface area contributed by atoms with Crippen LogP contribution in [0, 0.1) is 0 Å². The Balaban J connectivity index is 1.87. The number of carbonyl (C=O) groups excluding carboxylic acids is 2. The van der Waals surface area contributed by atoms with E-state index < -0.39 is 5.97 Å². The molecule has 8 heteroatoms. The lowest BCUT2D eigenvalue weighted by molar-refractivity contribution is -0.148. The van der Waals surface area contributed by atoms with Gasteiger partial charge in [0.2, 0.25) is 0 Å². The van der Waals surface area contributed by atoms with Gasteiger partial charge in [0.25, 0.3) is 0 Å². The van der Waals surface area contributed by atoms with Gasteiger partial charge in [-0.1, -0.05) is 71.2 Å². The van der Waals surface area contributed by atoms with Crippen LogP contribution in [0.25, 0.3) is 0 Å². The Morgan fingerprint density at radius 3 is 2.44 bits per heavy atom. The van der Waals surface area contributed by atoms with Crippen molar-refractivity contribution in [1.82, 2.24) is 0 Å². The van der Waals surface area contributed by atoms with Crippen LogP contribution < -0.4 is 4.74 Å². The van der Waals surface area contributed by atoms with E-state index in [4.69, 9.17) is 25.9 Å². The minimum Gasteiger partial charge on any atom is -0.480 e. The summed E-state index contributed by atoms with van der Waals surface area (Å²) in [6.45, 7) is 1.60.